The van der Waals surface area contributed by atoms with Crippen LogP contribution >= 0.6 is 0 Å². The zero-order valence-electron chi connectivity index (χ0n) is 5.48. The summed E-state index contributed by atoms with van der Waals surface area (Å²) < 4.78 is 0. The number of hydrogen-bond acceptors (Lipinski definition) is 3. The molecule has 0 aromatic heterocycles. The second-order valence-electron chi connectivity index (χ2n) is 1.59. The first-order chi connectivity index (χ1) is 4.72. The van der Waals surface area contributed by atoms with E-state index in [0.717, 1.165) is 0 Å². The molecule has 6 nitrogen and oxygen atoms in total. The van der Waals surface area contributed by atoms with Gasteiger partial charge >= 0.3 is 5.97 Å². The quantitative estimate of drug-likeness (QED) is 0.329. The number of rotatable bonds is 4. The summed E-state index contributed by atoms with van der Waals surface area (Å²) in [7, 11) is 1.49. The number of hydrogen-bond donors (Lipinski definition) is 2. The molecular formula is C4H8N4O2. The lowest BCUT2D eigenvalue weighted by atomic mass is 10.3. The molecule has 0 fully saturated rings. The van der Waals surface area contributed by atoms with Crippen molar-refractivity contribution in [2.45, 2.75) is 6.04 Å². The summed E-state index contributed by atoms with van der Waals surface area (Å²) in [5, 5.41) is 13.9. The Balaban J connectivity index is 3.82. The number of carboxylic acids is 1. The number of nitrogens with one attached hydrogen (secondary N) is 1. The highest BCUT2D eigenvalue weighted by molar-refractivity contribution is 5.73. The summed E-state index contributed by atoms with van der Waals surface area (Å²) in [6.45, 7) is -0.0671. The first-order valence-electron chi connectivity index (χ1n) is 2.63. The third kappa shape index (κ3) is 2.91. The maximum atomic E-state index is 10.2. The average molecular weight is 144 g/mol. The van der Waals surface area contributed by atoms with Crippen LogP contribution in [0.25, 0.3) is 10.4 Å². The molecule has 0 radical (unpaired) electrons. The van der Waals surface area contributed by atoms with Gasteiger partial charge in [0.25, 0.3) is 0 Å². The van der Waals surface area contributed by atoms with E-state index in [1.807, 2.05) is 0 Å². The fourth-order valence-electron chi connectivity index (χ4n) is 0.411. The minimum atomic E-state index is -1.02. The summed E-state index contributed by atoms with van der Waals surface area (Å²) in [5.41, 5.74) is 7.83. The van der Waals surface area contributed by atoms with E-state index in [2.05, 4.69) is 15.3 Å². The summed E-state index contributed by atoms with van der Waals surface area (Å²) in [6, 6.07) is -0.782. The van der Waals surface area contributed by atoms with Crippen LogP contribution in [-0.4, -0.2) is 30.7 Å². The van der Waals surface area contributed by atoms with Crippen LogP contribution in [0.2, 0.25) is 0 Å². The van der Waals surface area contributed by atoms with Gasteiger partial charge < -0.3 is 10.4 Å². The normalized spacial score (nSPS) is 11.7. The number of aliphatic carboxylic acids is 1. The van der Waals surface area contributed by atoms with Crippen molar-refractivity contribution in [1.82, 2.24) is 5.32 Å². The molecule has 0 aliphatic carbocycles. The lowest BCUT2D eigenvalue weighted by Gasteiger charge is -2.05. The second kappa shape index (κ2) is 4.60. The molecule has 0 amide bonds. The van der Waals surface area contributed by atoms with E-state index < -0.39 is 12.0 Å². The van der Waals surface area contributed by atoms with Gasteiger partial charge in [-0.25, -0.2) is 0 Å². The van der Waals surface area contributed by atoms with Gasteiger partial charge in [-0.15, -0.1) is 0 Å². The Kier molecular flexibility index (Phi) is 4.02. The fourth-order valence-corrected chi connectivity index (χ4v) is 0.411. The molecule has 0 aliphatic rings. The van der Waals surface area contributed by atoms with E-state index in [0.29, 0.717) is 0 Å². The van der Waals surface area contributed by atoms with Crippen molar-refractivity contribution < 1.29 is 9.90 Å². The SMILES string of the molecule is CN[C@@H](CN=[N+]=[N-])C(=O)O. The molecule has 56 valence electrons. The van der Waals surface area contributed by atoms with Gasteiger partial charge in [0.15, 0.2) is 0 Å². The average Bonchev–Trinajstić information content (AvgIpc) is 1.89. The van der Waals surface area contributed by atoms with Crippen molar-refractivity contribution in [1.29, 1.82) is 0 Å². The van der Waals surface area contributed by atoms with Crippen LogP contribution in [0.1, 0.15) is 0 Å². The number of carbonyl (C=O) groups is 1. The van der Waals surface area contributed by atoms with Crippen molar-refractivity contribution in [2.24, 2.45) is 5.11 Å². The van der Waals surface area contributed by atoms with Gasteiger partial charge in [0.1, 0.15) is 6.04 Å². The van der Waals surface area contributed by atoms with Crippen molar-refractivity contribution >= 4 is 5.97 Å². The summed E-state index contributed by atoms with van der Waals surface area (Å²) in [4.78, 5) is 12.6. The molecule has 0 spiro atoms. The molecule has 0 aromatic carbocycles. The van der Waals surface area contributed by atoms with E-state index in [4.69, 9.17) is 10.6 Å². The number of nitrogens with zero attached hydrogens (tertiary/aromatic N) is 3. The zero-order valence-corrected chi connectivity index (χ0v) is 5.48. The zero-order chi connectivity index (χ0) is 7.98. The molecule has 0 unspecified atom stereocenters. The highest BCUT2D eigenvalue weighted by atomic mass is 16.4. The largest absolute Gasteiger partial charge is 0.480 e. The Bertz CT molecular complexity index is 163. The first kappa shape index (κ1) is 8.74. The molecule has 0 aromatic rings. The van der Waals surface area contributed by atoms with Crippen molar-refractivity contribution in [2.75, 3.05) is 13.6 Å². The monoisotopic (exact) mass is 144 g/mol. The topological polar surface area (TPSA) is 98.1 Å². The second-order valence-corrected chi connectivity index (χ2v) is 1.59. The standard InChI is InChI=1S/C4H8N4O2/c1-6-3(4(9)10)2-7-8-5/h3,6H,2H2,1H3,(H,9,10)/t3-/m0/s1. The Morgan fingerprint density at radius 2 is 2.60 bits per heavy atom. The van der Waals surface area contributed by atoms with Crippen LogP contribution < -0.4 is 5.32 Å². The van der Waals surface area contributed by atoms with Crippen LogP contribution in [0.5, 0.6) is 0 Å². The molecule has 6 heteroatoms. The van der Waals surface area contributed by atoms with Gasteiger partial charge in [0.2, 0.25) is 0 Å². The third-order valence-electron chi connectivity index (χ3n) is 0.974. The molecular weight excluding hydrogens is 136 g/mol. The molecule has 0 saturated heterocycles. The number of azide groups is 1. The minimum absolute atomic E-state index is 0.0671. The maximum absolute atomic E-state index is 10.2. The molecule has 2 N–H and O–H groups in total. The van der Waals surface area contributed by atoms with Gasteiger partial charge in [-0.2, -0.15) is 0 Å². The van der Waals surface area contributed by atoms with Crippen LogP contribution in [0.3, 0.4) is 0 Å². The first-order valence-corrected chi connectivity index (χ1v) is 2.63. The van der Waals surface area contributed by atoms with Crippen LogP contribution in [0.4, 0.5) is 0 Å². The van der Waals surface area contributed by atoms with E-state index in [9.17, 15) is 4.79 Å². The minimum Gasteiger partial charge on any atom is -0.480 e. The van der Waals surface area contributed by atoms with E-state index in [-0.39, 0.29) is 6.54 Å². The lowest BCUT2D eigenvalue weighted by molar-refractivity contribution is -0.139. The Morgan fingerprint density at radius 3 is 2.90 bits per heavy atom. The van der Waals surface area contributed by atoms with Crippen molar-refractivity contribution in [3.8, 4) is 0 Å². The van der Waals surface area contributed by atoms with Gasteiger partial charge in [-0.05, 0) is 12.6 Å². The molecule has 0 heterocycles. The van der Waals surface area contributed by atoms with Crippen molar-refractivity contribution in [3.05, 3.63) is 10.4 Å². The van der Waals surface area contributed by atoms with Crippen LogP contribution in [-0.2, 0) is 4.79 Å². The molecule has 0 saturated carbocycles. The van der Waals surface area contributed by atoms with E-state index in [1.165, 1.54) is 7.05 Å². The van der Waals surface area contributed by atoms with E-state index >= 15 is 0 Å². The van der Waals surface area contributed by atoms with Gasteiger partial charge in [0.05, 0.1) is 6.54 Å². The Morgan fingerprint density at radius 1 is 2.00 bits per heavy atom. The maximum Gasteiger partial charge on any atom is 0.320 e. The van der Waals surface area contributed by atoms with Crippen LogP contribution in [0, 0.1) is 0 Å². The molecule has 0 bridgehead atoms. The third-order valence-corrected chi connectivity index (χ3v) is 0.974. The highest BCUT2D eigenvalue weighted by Crippen LogP contribution is 1.83. The number of carboxylic acid groups (broad SMARTS) is 1. The predicted octanol–water partition coefficient (Wildman–Crippen LogP) is -0.0307. The van der Waals surface area contributed by atoms with Crippen molar-refractivity contribution in [3.63, 3.8) is 0 Å². The summed E-state index contributed by atoms with van der Waals surface area (Å²) in [5.74, 6) is -1.02. The van der Waals surface area contributed by atoms with Gasteiger partial charge in [0, 0.05) is 4.91 Å². The molecule has 1 atom stereocenters. The van der Waals surface area contributed by atoms with Crippen LogP contribution in [0.15, 0.2) is 5.11 Å². The number of likely N-dealkylation sites (N-methyl/N-ethyl adjacent to an activating group) is 1. The molecule has 10 heavy (non-hydrogen) atoms. The lowest BCUT2D eigenvalue weighted by Crippen LogP contribution is -2.36. The Hall–Kier alpha value is -1.26. The predicted molar refractivity (Wildman–Crippen MR) is 34.5 cm³/mol. The molecule has 0 aliphatic heterocycles. The van der Waals surface area contributed by atoms with E-state index in [1.54, 1.807) is 0 Å². The summed E-state index contributed by atoms with van der Waals surface area (Å²) in [6.07, 6.45) is 0. The summed E-state index contributed by atoms with van der Waals surface area (Å²) >= 11 is 0. The Labute approximate surface area is 57.5 Å². The smallest absolute Gasteiger partial charge is 0.320 e. The highest BCUT2D eigenvalue weighted by Gasteiger charge is 2.11. The fraction of sp³-hybridized carbons (Fsp3) is 0.750. The molecule has 0 rings (SSSR count). The van der Waals surface area contributed by atoms with Gasteiger partial charge in [-0.1, -0.05) is 5.11 Å². The van der Waals surface area contributed by atoms with Gasteiger partial charge in [-0.3, -0.25) is 4.79 Å².